The summed E-state index contributed by atoms with van der Waals surface area (Å²) in [7, 11) is -1.87. The van der Waals surface area contributed by atoms with Gasteiger partial charge in [0, 0.05) is 10.6 Å². The fraction of sp³-hybridized carbons (Fsp3) is 0. The second-order valence-corrected chi connectivity index (χ2v) is 5.62. The average Bonchev–Trinajstić information content (AvgIpc) is 2.46. The third-order valence-electron chi connectivity index (χ3n) is 2.70. The molecule has 0 aromatic heterocycles. The van der Waals surface area contributed by atoms with Crippen molar-refractivity contribution in [2.45, 2.75) is 0 Å². The number of rotatable bonds is 4. The van der Waals surface area contributed by atoms with E-state index in [0.29, 0.717) is 10.6 Å². The minimum absolute atomic E-state index is 0.123. The van der Waals surface area contributed by atoms with E-state index in [1.807, 2.05) is 0 Å². The van der Waals surface area contributed by atoms with Crippen molar-refractivity contribution in [3.05, 3.63) is 59.7 Å². The molecule has 0 saturated carbocycles. The minimum Gasteiger partial charge on any atom is -0.478 e. The van der Waals surface area contributed by atoms with Gasteiger partial charge >= 0.3 is 11.9 Å². The van der Waals surface area contributed by atoms with E-state index in [9.17, 15) is 14.2 Å². The molecule has 0 heterocycles. The number of carboxylic acid groups (broad SMARTS) is 2. The van der Waals surface area contributed by atoms with Crippen molar-refractivity contribution in [2.24, 2.45) is 0 Å². The molecule has 0 aliphatic carbocycles. The summed E-state index contributed by atoms with van der Waals surface area (Å²) in [4.78, 5) is 21.4. The number of carbonyl (C=O) groups is 2. The van der Waals surface area contributed by atoms with E-state index in [2.05, 4.69) is 0 Å². The molecule has 1 radical (unpaired) electrons. The van der Waals surface area contributed by atoms with Crippen molar-refractivity contribution >= 4 is 30.3 Å². The maximum Gasteiger partial charge on any atom is 0.335 e. The topological polar surface area (TPSA) is 91.7 Å². The quantitative estimate of drug-likeness (QED) is 0.838. The van der Waals surface area contributed by atoms with Gasteiger partial charge in [-0.2, -0.15) is 0 Å². The molecule has 2 aromatic rings. The summed E-state index contributed by atoms with van der Waals surface area (Å²) in [6.45, 7) is 0. The van der Waals surface area contributed by atoms with Gasteiger partial charge in [0.1, 0.15) is 7.80 Å². The van der Waals surface area contributed by atoms with Crippen molar-refractivity contribution in [3.63, 3.8) is 0 Å². The smallest absolute Gasteiger partial charge is 0.335 e. The molecule has 6 heteroatoms. The van der Waals surface area contributed by atoms with E-state index in [0.717, 1.165) is 0 Å². The minimum atomic E-state index is -1.87. The molecule has 0 bridgehead atoms. The fourth-order valence-corrected chi connectivity index (χ4v) is 2.77. The molecule has 0 aliphatic heterocycles. The van der Waals surface area contributed by atoms with Crippen LogP contribution in [0.1, 0.15) is 20.7 Å². The number of benzene rings is 2. The van der Waals surface area contributed by atoms with Crippen LogP contribution in [0.25, 0.3) is 0 Å². The normalized spacial score (nSPS) is 10.0. The van der Waals surface area contributed by atoms with Crippen molar-refractivity contribution in [2.75, 3.05) is 0 Å². The van der Waals surface area contributed by atoms with Gasteiger partial charge in [0.05, 0.1) is 11.1 Å². The molecular weight excluding hydrogens is 279 g/mol. The lowest BCUT2D eigenvalue weighted by Crippen LogP contribution is -2.08. The third-order valence-corrected chi connectivity index (χ3v) is 4.23. The van der Waals surface area contributed by atoms with E-state index in [1.165, 1.54) is 48.5 Å². The standard InChI is InChI=1S/C14H10O5P/c15-13(16)9-1-5-11(6-2-9)20(19)12-7-3-10(4-8-12)14(17)18/h1-8H,(H,15,16)(H,17,18). The van der Waals surface area contributed by atoms with Gasteiger partial charge in [-0.05, 0) is 48.5 Å². The Morgan fingerprint density at radius 2 is 1.00 bits per heavy atom. The Hall–Kier alpha value is -2.52. The molecule has 0 amide bonds. The molecule has 0 spiro atoms. The highest BCUT2D eigenvalue weighted by molar-refractivity contribution is 7.61. The lowest BCUT2D eigenvalue weighted by molar-refractivity contribution is 0.0686. The summed E-state index contributed by atoms with van der Waals surface area (Å²) in [5.74, 6) is -2.09. The molecular formula is C14H10O5P. The summed E-state index contributed by atoms with van der Waals surface area (Å²) in [6, 6.07) is 11.5. The molecule has 2 aromatic carbocycles. The van der Waals surface area contributed by atoms with Crippen LogP contribution >= 0.6 is 7.80 Å². The lowest BCUT2D eigenvalue weighted by Gasteiger charge is -2.03. The molecule has 0 fully saturated rings. The Morgan fingerprint density at radius 3 is 1.25 bits per heavy atom. The van der Waals surface area contributed by atoms with Crippen molar-refractivity contribution in [1.82, 2.24) is 0 Å². The Morgan fingerprint density at radius 1 is 0.700 bits per heavy atom. The molecule has 20 heavy (non-hydrogen) atoms. The Bertz CT molecular complexity index is 614. The second-order valence-electron chi connectivity index (χ2n) is 4.00. The van der Waals surface area contributed by atoms with Gasteiger partial charge in [-0.15, -0.1) is 0 Å². The number of hydrogen-bond donors (Lipinski definition) is 2. The van der Waals surface area contributed by atoms with E-state index in [1.54, 1.807) is 0 Å². The van der Waals surface area contributed by atoms with Gasteiger partial charge in [-0.1, -0.05) is 0 Å². The molecule has 101 valence electrons. The van der Waals surface area contributed by atoms with Gasteiger partial charge in [-0.3, -0.25) is 4.57 Å². The van der Waals surface area contributed by atoms with E-state index < -0.39 is 19.7 Å². The van der Waals surface area contributed by atoms with Crippen LogP contribution in [0, 0.1) is 0 Å². The fourth-order valence-electron chi connectivity index (χ4n) is 1.63. The lowest BCUT2D eigenvalue weighted by atomic mass is 10.2. The van der Waals surface area contributed by atoms with Gasteiger partial charge in [0.25, 0.3) is 0 Å². The van der Waals surface area contributed by atoms with Gasteiger partial charge in [0.15, 0.2) is 0 Å². The van der Waals surface area contributed by atoms with Crippen LogP contribution in [-0.4, -0.2) is 22.2 Å². The Labute approximate surface area is 115 Å². The first-order chi connectivity index (χ1) is 9.49. The predicted molar refractivity (Wildman–Crippen MR) is 73.7 cm³/mol. The van der Waals surface area contributed by atoms with Gasteiger partial charge in [0.2, 0.25) is 0 Å². The molecule has 5 nitrogen and oxygen atoms in total. The Balaban J connectivity index is 2.26. The molecule has 2 rings (SSSR count). The summed E-state index contributed by atoms with van der Waals surface area (Å²) < 4.78 is 12.3. The zero-order valence-corrected chi connectivity index (χ0v) is 11.1. The Kier molecular flexibility index (Phi) is 3.91. The SMILES string of the molecule is O=C(O)c1ccc([P](=O)c2ccc(C(=O)O)cc2)cc1. The van der Waals surface area contributed by atoms with Gasteiger partial charge in [-0.25, -0.2) is 9.59 Å². The average molecular weight is 289 g/mol. The number of hydrogen-bond acceptors (Lipinski definition) is 3. The first kappa shape index (κ1) is 13.9. The summed E-state index contributed by atoms with van der Waals surface area (Å²) in [6.07, 6.45) is 0. The molecule has 2 N–H and O–H groups in total. The monoisotopic (exact) mass is 289 g/mol. The van der Waals surface area contributed by atoms with Crippen molar-refractivity contribution in [3.8, 4) is 0 Å². The predicted octanol–water partition coefficient (Wildman–Crippen LogP) is 1.86. The highest BCUT2D eigenvalue weighted by Gasteiger charge is 2.10. The maximum absolute atomic E-state index is 12.3. The van der Waals surface area contributed by atoms with Crippen LogP contribution in [0.4, 0.5) is 0 Å². The van der Waals surface area contributed by atoms with Crippen molar-refractivity contribution in [1.29, 1.82) is 0 Å². The van der Waals surface area contributed by atoms with Crippen LogP contribution in [0.2, 0.25) is 0 Å². The number of carboxylic acids is 2. The van der Waals surface area contributed by atoms with E-state index in [-0.39, 0.29) is 11.1 Å². The summed E-state index contributed by atoms with van der Waals surface area (Å²) in [5.41, 5.74) is 0.247. The van der Waals surface area contributed by atoms with Crippen LogP contribution in [0.3, 0.4) is 0 Å². The van der Waals surface area contributed by atoms with Crippen LogP contribution in [0.15, 0.2) is 48.5 Å². The van der Waals surface area contributed by atoms with Crippen LogP contribution < -0.4 is 10.6 Å². The summed E-state index contributed by atoms with van der Waals surface area (Å²) >= 11 is 0. The summed E-state index contributed by atoms with van der Waals surface area (Å²) in [5, 5.41) is 18.6. The van der Waals surface area contributed by atoms with E-state index >= 15 is 0 Å². The van der Waals surface area contributed by atoms with Crippen LogP contribution in [0.5, 0.6) is 0 Å². The molecule has 0 saturated heterocycles. The van der Waals surface area contributed by atoms with Gasteiger partial charge < -0.3 is 10.2 Å². The third kappa shape index (κ3) is 2.90. The van der Waals surface area contributed by atoms with Crippen LogP contribution in [-0.2, 0) is 4.57 Å². The largest absolute Gasteiger partial charge is 0.478 e. The number of aromatic carboxylic acids is 2. The van der Waals surface area contributed by atoms with Crippen molar-refractivity contribution < 1.29 is 24.4 Å². The first-order valence-corrected chi connectivity index (χ1v) is 6.89. The first-order valence-electron chi connectivity index (χ1n) is 5.63. The molecule has 0 aliphatic rings. The highest BCUT2D eigenvalue weighted by Crippen LogP contribution is 2.20. The molecule has 0 atom stereocenters. The second kappa shape index (κ2) is 5.63. The molecule has 0 unspecified atom stereocenters. The zero-order chi connectivity index (χ0) is 14.7. The maximum atomic E-state index is 12.3. The highest BCUT2D eigenvalue weighted by atomic mass is 31.1. The zero-order valence-electron chi connectivity index (χ0n) is 10.2. The van der Waals surface area contributed by atoms with E-state index in [4.69, 9.17) is 10.2 Å².